The first-order valence-corrected chi connectivity index (χ1v) is 6.60. The van der Waals surface area contributed by atoms with Gasteiger partial charge >= 0.3 is 0 Å². The standard InChI is InChI=1S/C13H14F2NO2P/c14-9-1-2-10(11(15)7-9)12(17)16-5-3-8(4-6-16)13(18)19/h1-2,7-8H,3-6,19H2. The molecular weight excluding hydrogens is 271 g/mol. The molecule has 1 saturated heterocycles. The Bertz CT molecular complexity index is 513. The lowest BCUT2D eigenvalue weighted by atomic mass is 9.97. The number of hydrogen-bond acceptors (Lipinski definition) is 2. The van der Waals surface area contributed by atoms with Crippen LogP contribution in [0.5, 0.6) is 0 Å². The van der Waals surface area contributed by atoms with Gasteiger partial charge in [0.05, 0.1) is 5.56 Å². The summed E-state index contributed by atoms with van der Waals surface area (Å²) in [7, 11) is 2.15. The molecule has 1 aliphatic rings. The molecule has 1 aromatic rings. The molecule has 1 amide bonds. The van der Waals surface area contributed by atoms with E-state index in [1.165, 1.54) is 4.90 Å². The quantitative estimate of drug-likeness (QED) is 0.781. The van der Waals surface area contributed by atoms with Gasteiger partial charge in [0, 0.05) is 25.1 Å². The molecule has 1 atom stereocenters. The van der Waals surface area contributed by atoms with Gasteiger partial charge in [-0.15, -0.1) is 0 Å². The minimum Gasteiger partial charge on any atom is -0.339 e. The van der Waals surface area contributed by atoms with Crippen LogP contribution in [0.25, 0.3) is 0 Å². The first-order valence-electron chi connectivity index (χ1n) is 6.02. The van der Waals surface area contributed by atoms with Crippen molar-refractivity contribution < 1.29 is 18.4 Å². The van der Waals surface area contributed by atoms with E-state index in [0.717, 1.165) is 12.1 Å². The second-order valence-corrected chi connectivity index (χ2v) is 5.16. The van der Waals surface area contributed by atoms with Gasteiger partial charge in [0.15, 0.2) is 5.52 Å². The zero-order valence-electron chi connectivity index (χ0n) is 10.2. The van der Waals surface area contributed by atoms with E-state index in [1.54, 1.807) is 0 Å². The predicted molar refractivity (Wildman–Crippen MR) is 69.7 cm³/mol. The smallest absolute Gasteiger partial charge is 0.256 e. The number of nitrogens with zero attached hydrogens (tertiary/aromatic N) is 1. The second kappa shape index (κ2) is 5.74. The van der Waals surface area contributed by atoms with E-state index >= 15 is 0 Å². The molecular formula is C13H14F2NO2P. The first-order chi connectivity index (χ1) is 8.99. The summed E-state index contributed by atoms with van der Waals surface area (Å²) >= 11 is 0. The molecule has 2 rings (SSSR count). The number of likely N-dealkylation sites (tertiary alicyclic amines) is 1. The van der Waals surface area contributed by atoms with Crippen LogP contribution in [0.2, 0.25) is 0 Å². The summed E-state index contributed by atoms with van der Waals surface area (Å²) < 4.78 is 26.3. The Morgan fingerprint density at radius 3 is 2.37 bits per heavy atom. The van der Waals surface area contributed by atoms with E-state index in [4.69, 9.17) is 0 Å². The van der Waals surface area contributed by atoms with Gasteiger partial charge in [0.2, 0.25) is 0 Å². The highest BCUT2D eigenvalue weighted by molar-refractivity contribution is 7.40. The van der Waals surface area contributed by atoms with Crippen molar-refractivity contribution in [3.63, 3.8) is 0 Å². The van der Waals surface area contributed by atoms with Gasteiger partial charge < -0.3 is 4.90 Å². The van der Waals surface area contributed by atoms with Crippen molar-refractivity contribution >= 4 is 20.7 Å². The number of carbonyl (C=O) groups excluding carboxylic acids is 2. The highest BCUT2D eigenvalue weighted by Gasteiger charge is 2.27. The molecule has 1 unspecified atom stereocenters. The van der Waals surface area contributed by atoms with E-state index < -0.39 is 17.5 Å². The number of halogens is 2. The van der Waals surface area contributed by atoms with E-state index in [1.807, 2.05) is 0 Å². The molecule has 0 N–H and O–H groups in total. The van der Waals surface area contributed by atoms with Crippen LogP contribution in [0.15, 0.2) is 18.2 Å². The Morgan fingerprint density at radius 2 is 1.84 bits per heavy atom. The van der Waals surface area contributed by atoms with Gasteiger partial charge in [0.25, 0.3) is 5.91 Å². The van der Waals surface area contributed by atoms with Gasteiger partial charge in [0.1, 0.15) is 11.6 Å². The van der Waals surface area contributed by atoms with Crippen LogP contribution in [0.4, 0.5) is 8.78 Å². The maximum Gasteiger partial charge on any atom is 0.256 e. The topological polar surface area (TPSA) is 37.4 Å². The average Bonchev–Trinajstić information content (AvgIpc) is 2.38. The number of rotatable bonds is 2. The van der Waals surface area contributed by atoms with Crippen molar-refractivity contribution in [2.75, 3.05) is 13.1 Å². The molecule has 1 aliphatic heterocycles. The van der Waals surface area contributed by atoms with Gasteiger partial charge in [-0.25, -0.2) is 8.78 Å². The highest BCUT2D eigenvalue weighted by Crippen LogP contribution is 2.22. The summed E-state index contributed by atoms with van der Waals surface area (Å²) in [6.45, 7) is 0.834. The average molecular weight is 285 g/mol. The summed E-state index contributed by atoms with van der Waals surface area (Å²) in [5.74, 6) is -2.06. The molecule has 0 bridgehead atoms. The van der Waals surface area contributed by atoms with Gasteiger partial charge in [-0.05, 0) is 25.0 Å². The van der Waals surface area contributed by atoms with E-state index in [-0.39, 0.29) is 17.0 Å². The monoisotopic (exact) mass is 285 g/mol. The summed E-state index contributed by atoms with van der Waals surface area (Å²) in [4.78, 5) is 24.8. The van der Waals surface area contributed by atoms with Crippen LogP contribution in [0, 0.1) is 17.6 Å². The summed E-state index contributed by atoms with van der Waals surface area (Å²) in [5, 5.41) is 0. The lowest BCUT2D eigenvalue weighted by Crippen LogP contribution is -2.39. The van der Waals surface area contributed by atoms with Crippen molar-refractivity contribution in [3.8, 4) is 0 Å². The summed E-state index contributed by atoms with van der Waals surface area (Å²) in [6.07, 6.45) is 1.16. The number of carbonyl (C=O) groups is 2. The van der Waals surface area contributed by atoms with Crippen molar-refractivity contribution in [1.29, 1.82) is 0 Å². The minimum atomic E-state index is -0.853. The van der Waals surface area contributed by atoms with Crippen LogP contribution >= 0.6 is 9.24 Å². The molecule has 0 aliphatic carbocycles. The molecule has 0 aromatic heterocycles. The van der Waals surface area contributed by atoms with Crippen molar-refractivity contribution in [3.05, 3.63) is 35.4 Å². The number of hydrogen-bond donors (Lipinski definition) is 0. The molecule has 0 saturated carbocycles. The van der Waals surface area contributed by atoms with Crippen molar-refractivity contribution in [2.24, 2.45) is 5.92 Å². The molecule has 1 aromatic carbocycles. The number of piperidine rings is 1. The van der Waals surface area contributed by atoms with Crippen LogP contribution < -0.4 is 0 Å². The van der Waals surface area contributed by atoms with Crippen LogP contribution in [-0.2, 0) is 4.79 Å². The predicted octanol–water partition coefficient (Wildman–Crippen LogP) is 2.22. The second-order valence-electron chi connectivity index (χ2n) is 4.59. The molecule has 102 valence electrons. The number of benzene rings is 1. The Hall–Kier alpha value is -1.35. The van der Waals surface area contributed by atoms with Crippen molar-refractivity contribution in [2.45, 2.75) is 12.8 Å². The van der Waals surface area contributed by atoms with Crippen molar-refractivity contribution in [1.82, 2.24) is 4.90 Å². The Balaban J connectivity index is 2.07. The molecule has 0 radical (unpaired) electrons. The van der Waals surface area contributed by atoms with Crippen LogP contribution in [0.1, 0.15) is 23.2 Å². The number of amides is 1. The molecule has 1 fully saturated rings. The van der Waals surface area contributed by atoms with Gasteiger partial charge in [-0.3, -0.25) is 9.59 Å². The third-order valence-electron chi connectivity index (χ3n) is 3.35. The fourth-order valence-electron chi connectivity index (χ4n) is 2.20. The zero-order chi connectivity index (χ0) is 14.0. The van der Waals surface area contributed by atoms with Crippen LogP contribution in [0.3, 0.4) is 0 Å². The van der Waals surface area contributed by atoms with Crippen LogP contribution in [-0.4, -0.2) is 29.4 Å². The van der Waals surface area contributed by atoms with E-state index in [2.05, 4.69) is 9.24 Å². The largest absolute Gasteiger partial charge is 0.339 e. The normalized spacial score (nSPS) is 16.5. The van der Waals surface area contributed by atoms with Gasteiger partial charge in [-0.2, -0.15) is 0 Å². The molecule has 0 spiro atoms. The van der Waals surface area contributed by atoms with E-state index in [9.17, 15) is 18.4 Å². The Kier molecular flexibility index (Phi) is 4.25. The fourth-order valence-corrected chi connectivity index (χ4v) is 2.53. The van der Waals surface area contributed by atoms with Gasteiger partial charge in [-0.1, -0.05) is 9.24 Å². The highest BCUT2D eigenvalue weighted by atomic mass is 31.0. The minimum absolute atomic E-state index is 0.0417. The maximum atomic E-state index is 13.5. The van der Waals surface area contributed by atoms with E-state index in [0.29, 0.717) is 32.0 Å². The third-order valence-corrected chi connectivity index (χ3v) is 3.82. The molecule has 19 heavy (non-hydrogen) atoms. The fraction of sp³-hybridized carbons (Fsp3) is 0.385. The first kappa shape index (κ1) is 14.1. The molecule has 1 heterocycles. The summed E-state index contributed by atoms with van der Waals surface area (Å²) in [6, 6.07) is 2.92. The lowest BCUT2D eigenvalue weighted by Gasteiger charge is -2.30. The third kappa shape index (κ3) is 3.16. The molecule has 6 heteroatoms. The summed E-state index contributed by atoms with van der Waals surface area (Å²) in [5.41, 5.74) is -0.0860. The lowest BCUT2D eigenvalue weighted by molar-refractivity contribution is -0.115. The Morgan fingerprint density at radius 1 is 1.21 bits per heavy atom. The Labute approximate surface area is 112 Å². The maximum absolute atomic E-state index is 13.5. The SMILES string of the molecule is O=C(P)C1CCN(C(=O)c2ccc(F)cc2F)CC1. The zero-order valence-corrected chi connectivity index (χ0v) is 11.4. The molecule has 3 nitrogen and oxygen atoms in total.